The Labute approximate surface area is 114 Å². The van der Waals surface area contributed by atoms with Crippen LogP contribution in [-0.4, -0.2) is 40.1 Å². The Bertz CT molecular complexity index is 529. The summed E-state index contributed by atoms with van der Waals surface area (Å²) in [5.41, 5.74) is 6.96. The van der Waals surface area contributed by atoms with Crippen LogP contribution in [0.5, 0.6) is 0 Å². The third kappa shape index (κ3) is 5.16. The van der Waals surface area contributed by atoms with Crippen molar-refractivity contribution < 1.29 is 12.8 Å². The minimum Gasteiger partial charge on any atom is -0.373 e. The molecule has 6 heteroatoms. The molecule has 0 saturated carbocycles. The lowest BCUT2D eigenvalue weighted by Gasteiger charge is -2.23. The van der Waals surface area contributed by atoms with Crippen LogP contribution in [0.1, 0.15) is 12.5 Å². The molecule has 1 rings (SSSR count). The topological polar surface area (TPSA) is 63.4 Å². The Morgan fingerprint density at radius 3 is 2.58 bits per heavy atom. The zero-order valence-corrected chi connectivity index (χ0v) is 12.4. The van der Waals surface area contributed by atoms with Crippen molar-refractivity contribution in [3.8, 4) is 0 Å². The van der Waals surface area contributed by atoms with Gasteiger partial charge in [0.2, 0.25) is 0 Å². The van der Waals surface area contributed by atoms with Crippen molar-refractivity contribution in [3.05, 3.63) is 29.6 Å². The van der Waals surface area contributed by atoms with E-state index in [0.29, 0.717) is 24.2 Å². The second-order valence-electron chi connectivity index (χ2n) is 4.97. The monoisotopic (exact) mass is 288 g/mol. The minimum atomic E-state index is -3.03. The second kappa shape index (κ2) is 6.34. The van der Waals surface area contributed by atoms with E-state index in [2.05, 4.69) is 0 Å². The third-order valence-electron chi connectivity index (χ3n) is 2.83. The van der Waals surface area contributed by atoms with Gasteiger partial charge in [0.25, 0.3) is 0 Å². The molecule has 2 N–H and O–H groups in total. The molecule has 0 bridgehead atoms. The van der Waals surface area contributed by atoms with Crippen molar-refractivity contribution in [3.63, 3.8) is 0 Å². The Balaban J connectivity index is 2.95. The highest BCUT2D eigenvalue weighted by molar-refractivity contribution is 7.90. The van der Waals surface area contributed by atoms with Crippen LogP contribution in [-0.2, 0) is 16.3 Å². The molecule has 0 saturated heterocycles. The molecule has 0 amide bonds. The molecule has 108 valence electrons. The van der Waals surface area contributed by atoms with Crippen LogP contribution in [0.3, 0.4) is 0 Å². The van der Waals surface area contributed by atoms with E-state index in [9.17, 15) is 12.8 Å². The number of rotatable bonds is 6. The predicted molar refractivity (Wildman–Crippen MR) is 76.7 cm³/mol. The minimum absolute atomic E-state index is 0.0393. The summed E-state index contributed by atoms with van der Waals surface area (Å²) in [6, 6.07) is 4.64. The molecule has 1 unspecified atom stereocenters. The molecule has 1 atom stereocenters. The fourth-order valence-electron chi connectivity index (χ4n) is 1.85. The predicted octanol–water partition coefficient (Wildman–Crippen LogP) is 1.20. The van der Waals surface area contributed by atoms with Gasteiger partial charge >= 0.3 is 0 Å². The second-order valence-corrected chi connectivity index (χ2v) is 7.23. The van der Waals surface area contributed by atoms with Gasteiger partial charge in [-0.2, -0.15) is 0 Å². The summed E-state index contributed by atoms with van der Waals surface area (Å²) in [6.07, 6.45) is 1.61. The summed E-state index contributed by atoms with van der Waals surface area (Å²) in [5.74, 6) is -0.265. The molecular weight excluding hydrogens is 267 g/mol. The Morgan fingerprint density at radius 1 is 1.42 bits per heavy atom. The van der Waals surface area contributed by atoms with Crippen LogP contribution in [0.4, 0.5) is 10.1 Å². The van der Waals surface area contributed by atoms with E-state index in [4.69, 9.17) is 5.73 Å². The molecule has 0 heterocycles. The van der Waals surface area contributed by atoms with Crippen LogP contribution in [0, 0.1) is 5.82 Å². The van der Waals surface area contributed by atoms with Crippen molar-refractivity contribution in [2.45, 2.75) is 19.4 Å². The molecule has 0 spiro atoms. The Morgan fingerprint density at radius 2 is 2.05 bits per heavy atom. The quantitative estimate of drug-likeness (QED) is 0.854. The Kier molecular flexibility index (Phi) is 5.31. The summed E-state index contributed by atoms with van der Waals surface area (Å²) in [6.45, 7) is 2.14. The highest BCUT2D eigenvalue weighted by Crippen LogP contribution is 2.23. The van der Waals surface area contributed by atoms with Gasteiger partial charge in [-0.25, -0.2) is 12.8 Å². The summed E-state index contributed by atoms with van der Waals surface area (Å²) in [4.78, 5) is 1.75. The lowest BCUT2D eigenvalue weighted by molar-refractivity contribution is 0.594. The Hall–Kier alpha value is -1.14. The zero-order chi connectivity index (χ0) is 14.6. The fourth-order valence-corrected chi connectivity index (χ4v) is 2.46. The first-order chi connectivity index (χ1) is 8.70. The standard InChI is InChI=1S/C13H21FN2O2S/c1-10(15)9-11-12(14)5-4-6-13(11)16(2)7-8-19(3,17)18/h4-6,10H,7-9,15H2,1-3H3. The van der Waals surface area contributed by atoms with E-state index < -0.39 is 9.84 Å². The normalized spacial score (nSPS) is 13.3. The number of benzene rings is 1. The lowest BCUT2D eigenvalue weighted by Crippen LogP contribution is -2.27. The van der Waals surface area contributed by atoms with E-state index in [0.717, 1.165) is 0 Å². The molecule has 1 aromatic rings. The van der Waals surface area contributed by atoms with E-state index in [1.54, 1.807) is 24.1 Å². The average molecular weight is 288 g/mol. The highest BCUT2D eigenvalue weighted by atomic mass is 32.2. The lowest BCUT2D eigenvalue weighted by atomic mass is 10.0. The van der Waals surface area contributed by atoms with E-state index in [1.165, 1.54) is 12.3 Å². The van der Waals surface area contributed by atoms with Gasteiger partial charge in [0.15, 0.2) is 0 Å². The summed E-state index contributed by atoms with van der Waals surface area (Å²) >= 11 is 0. The van der Waals surface area contributed by atoms with Crippen LogP contribution < -0.4 is 10.6 Å². The maximum Gasteiger partial charge on any atom is 0.149 e. The number of halogens is 1. The molecule has 4 nitrogen and oxygen atoms in total. The fraction of sp³-hybridized carbons (Fsp3) is 0.538. The van der Waals surface area contributed by atoms with Crippen LogP contribution in [0.25, 0.3) is 0 Å². The summed E-state index contributed by atoms with van der Waals surface area (Å²) in [7, 11) is -1.28. The van der Waals surface area contributed by atoms with Crippen LogP contribution >= 0.6 is 0 Å². The van der Waals surface area contributed by atoms with Crippen molar-refractivity contribution >= 4 is 15.5 Å². The van der Waals surface area contributed by atoms with E-state index in [1.807, 2.05) is 6.92 Å². The first-order valence-corrected chi connectivity index (χ1v) is 8.18. The van der Waals surface area contributed by atoms with Gasteiger partial charge in [0.05, 0.1) is 5.75 Å². The number of hydrogen-bond acceptors (Lipinski definition) is 4. The molecule has 0 aromatic heterocycles. The van der Waals surface area contributed by atoms with Crippen LogP contribution in [0.15, 0.2) is 18.2 Å². The van der Waals surface area contributed by atoms with Crippen molar-refractivity contribution in [1.82, 2.24) is 0 Å². The maximum absolute atomic E-state index is 13.8. The first-order valence-electron chi connectivity index (χ1n) is 6.12. The van der Waals surface area contributed by atoms with Crippen LogP contribution in [0.2, 0.25) is 0 Å². The van der Waals surface area contributed by atoms with Gasteiger partial charge in [0.1, 0.15) is 15.7 Å². The van der Waals surface area contributed by atoms with Gasteiger partial charge in [-0.15, -0.1) is 0 Å². The molecule has 0 aliphatic rings. The molecular formula is C13H21FN2O2S. The number of hydrogen-bond donors (Lipinski definition) is 1. The molecule has 0 aliphatic heterocycles. The van der Waals surface area contributed by atoms with Crippen molar-refractivity contribution in [1.29, 1.82) is 0 Å². The highest BCUT2D eigenvalue weighted by Gasteiger charge is 2.14. The maximum atomic E-state index is 13.8. The van der Waals surface area contributed by atoms with Gasteiger partial charge < -0.3 is 10.6 Å². The number of nitrogens with zero attached hydrogens (tertiary/aromatic N) is 1. The number of sulfone groups is 1. The van der Waals surface area contributed by atoms with Crippen molar-refractivity contribution in [2.75, 3.05) is 30.5 Å². The van der Waals surface area contributed by atoms with Gasteiger partial charge in [-0.05, 0) is 25.5 Å². The largest absolute Gasteiger partial charge is 0.373 e. The van der Waals surface area contributed by atoms with Gasteiger partial charge in [0, 0.05) is 37.1 Å². The molecule has 0 aliphatic carbocycles. The SMILES string of the molecule is CC(N)Cc1c(F)cccc1N(C)CCS(C)(=O)=O. The average Bonchev–Trinajstić information content (AvgIpc) is 2.27. The summed E-state index contributed by atoms with van der Waals surface area (Å²) < 4.78 is 36.2. The number of anilines is 1. The van der Waals surface area contributed by atoms with Gasteiger partial charge in [-0.3, -0.25) is 0 Å². The van der Waals surface area contributed by atoms with Gasteiger partial charge in [-0.1, -0.05) is 6.07 Å². The molecule has 0 radical (unpaired) electrons. The van der Waals surface area contributed by atoms with Crippen molar-refractivity contribution in [2.24, 2.45) is 5.73 Å². The van der Waals surface area contributed by atoms with E-state index in [-0.39, 0.29) is 17.6 Å². The summed E-state index contributed by atoms with van der Waals surface area (Å²) in [5, 5.41) is 0. The molecule has 0 fully saturated rings. The molecule has 1 aromatic carbocycles. The zero-order valence-electron chi connectivity index (χ0n) is 11.6. The smallest absolute Gasteiger partial charge is 0.149 e. The number of nitrogens with two attached hydrogens (primary N) is 1. The third-order valence-corrected chi connectivity index (χ3v) is 3.75. The first kappa shape index (κ1) is 15.9. The molecule has 19 heavy (non-hydrogen) atoms. The van der Waals surface area contributed by atoms with E-state index >= 15 is 0 Å².